The number of rotatable bonds is 5. The Morgan fingerprint density at radius 3 is 2.62 bits per heavy atom. The molecule has 0 spiro atoms. The fourth-order valence-corrected chi connectivity index (χ4v) is 3.05. The van der Waals surface area contributed by atoms with Gasteiger partial charge in [-0.3, -0.25) is 9.78 Å². The second-order valence-electron chi connectivity index (χ2n) is 5.90. The zero-order valence-corrected chi connectivity index (χ0v) is 14.1. The second-order valence-corrected chi connectivity index (χ2v) is 5.90. The molecule has 0 aliphatic carbocycles. The summed E-state index contributed by atoms with van der Waals surface area (Å²) in [5.74, 6) is 1.63. The van der Waals surface area contributed by atoms with Crippen LogP contribution in [0.2, 0.25) is 0 Å². The third kappa shape index (κ3) is 3.50. The first-order valence-electron chi connectivity index (χ1n) is 8.11. The molecule has 0 atom stereocenters. The van der Waals surface area contributed by atoms with E-state index < -0.39 is 0 Å². The van der Waals surface area contributed by atoms with Gasteiger partial charge < -0.3 is 14.4 Å². The summed E-state index contributed by atoms with van der Waals surface area (Å²) in [6, 6.07) is 7.90. The summed E-state index contributed by atoms with van der Waals surface area (Å²) < 4.78 is 10.7. The highest BCUT2D eigenvalue weighted by Crippen LogP contribution is 2.33. The van der Waals surface area contributed by atoms with E-state index in [2.05, 4.69) is 4.98 Å². The van der Waals surface area contributed by atoms with Crippen molar-refractivity contribution in [2.75, 3.05) is 20.8 Å². The molecule has 5 nitrogen and oxygen atoms in total. The van der Waals surface area contributed by atoms with E-state index in [0.717, 1.165) is 36.3 Å². The molecule has 0 saturated heterocycles. The minimum absolute atomic E-state index is 0.180. The highest BCUT2D eigenvalue weighted by atomic mass is 16.5. The predicted molar refractivity (Wildman–Crippen MR) is 91.2 cm³/mol. The molecule has 1 aliphatic heterocycles. The largest absolute Gasteiger partial charge is 0.493 e. The van der Waals surface area contributed by atoms with Crippen molar-refractivity contribution in [3.63, 3.8) is 0 Å². The number of aryl methyl sites for hydroxylation is 1. The van der Waals surface area contributed by atoms with Crippen molar-refractivity contribution < 1.29 is 14.3 Å². The van der Waals surface area contributed by atoms with Crippen molar-refractivity contribution in [3.05, 3.63) is 53.3 Å². The van der Waals surface area contributed by atoms with Gasteiger partial charge in [0.1, 0.15) is 0 Å². The quantitative estimate of drug-likeness (QED) is 0.847. The number of pyridine rings is 1. The molecule has 0 bridgehead atoms. The highest BCUT2D eigenvalue weighted by molar-refractivity contribution is 5.77. The summed E-state index contributed by atoms with van der Waals surface area (Å²) >= 11 is 0. The Hall–Kier alpha value is -2.56. The zero-order chi connectivity index (χ0) is 16.9. The number of nitrogens with zero attached hydrogens (tertiary/aromatic N) is 2. The van der Waals surface area contributed by atoms with Crippen LogP contribution in [-0.2, 0) is 24.2 Å². The summed E-state index contributed by atoms with van der Waals surface area (Å²) in [5.41, 5.74) is 3.45. The van der Waals surface area contributed by atoms with Crippen molar-refractivity contribution in [1.29, 1.82) is 0 Å². The van der Waals surface area contributed by atoms with Crippen molar-refractivity contribution in [1.82, 2.24) is 9.88 Å². The Kier molecular flexibility index (Phi) is 4.99. The van der Waals surface area contributed by atoms with Crippen LogP contribution in [0.1, 0.15) is 23.1 Å². The van der Waals surface area contributed by atoms with Gasteiger partial charge in [0, 0.05) is 31.9 Å². The van der Waals surface area contributed by atoms with Crippen LogP contribution in [0, 0.1) is 0 Å². The number of ether oxygens (including phenoxy) is 2. The molecular weight excluding hydrogens is 304 g/mol. The van der Waals surface area contributed by atoms with E-state index in [1.54, 1.807) is 20.4 Å². The molecule has 2 aromatic rings. The monoisotopic (exact) mass is 326 g/mol. The molecule has 126 valence electrons. The van der Waals surface area contributed by atoms with E-state index in [-0.39, 0.29) is 5.91 Å². The number of fused-ring (bicyclic) bond motifs is 1. The smallest absolute Gasteiger partial charge is 0.223 e. The van der Waals surface area contributed by atoms with Crippen LogP contribution >= 0.6 is 0 Å². The number of benzene rings is 1. The number of hydrogen-bond donors (Lipinski definition) is 0. The van der Waals surface area contributed by atoms with Crippen LogP contribution in [0.25, 0.3) is 0 Å². The molecule has 2 heterocycles. The van der Waals surface area contributed by atoms with Crippen molar-refractivity contribution in [2.45, 2.75) is 25.8 Å². The van der Waals surface area contributed by atoms with Gasteiger partial charge in [-0.25, -0.2) is 0 Å². The van der Waals surface area contributed by atoms with Crippen LogP contribution in [0.4, 0.5) is 0 Å². The van der Waals surface area contributed by atoms with Crippen molar-refractivity contribution in [3.8, 4) is 11.5 Å². The van der Waals surface area contributed by atoms with E-state index >= 15 is 0 Å². The minimum atomic E-state index is 0.180. The lowest BCUT2D eigenvalue weighted by Gasteiger charge is -2.29. The number of hydrogen-bond acceptors (Lipinski definition) is 4. The topological polar surface area (TPSA) is 51.7 Å². The van der Waals surface area contributed by atoms with E-state index in [0.29, 0.717) is 18.7 Å². The van der Waals surface area contributed by atoms with Gasteiger partial charge >= 0.3 is 0 Å². The Balaban J connectivity index is 1.66. The Morgan fingerprint density at radius 2 is 1.96 bits per heavy atom. The van der Waals surface area contributed by atoms with E-state index in [9.17, 15) is 4.79 Å². The molecule has 24 heavy (non-hydrogen) atoms. The molecule has 1 amide bonds. The third-order valence-corrected chi connectivity index (χ3v) is 4.42. The maximum absolute atomic E-state index is 12.5. The summed E-state index contributed by atoms with van der Waals surface area (Å²) in [7, 11) is 3.27. The Bertz CT molecular complexity index is 716. The molecule has 3 rings (SSSR count). The molecule has 0 unspecified atom stereocenters. The average Bonchev–Trinajstić information content (AvgIpc) is 2.65. The van der Waals surface area contributed by atoms with Crippen LogP contribution < -0.4 is 9.47 Å². The average molecular weight is 326 g/mol. The highest BCUT2D eigenvalue weighted by Gasteiger charge is 2.22. The van der Waals surface area contributed by atoms with Crippen LogP contribution in [0.5, 0.6) is 11.5 Å². The SMILES string of the molecule is COc1cc2c(cc1OC)CN(C(=O)CCc1cccnc1)CC2. The van der Waals surface area contributed by atoms with Crippen LogP contribution in [-0.4, -0.2) is 36.6 Å². The van der Waals surface area contributed by atoms with E-state index in [1.807, 2.05) is 35.4 Å². The van der Waals surface area contributed by atoms with Gasteiger partial charge in [-0.2, -0.15) is 0 Å². The fourth-order valence-electron chi connectivity index (χ4n) is 3.05. The minimum Gasteiger partial charge on any atom is -0.493 e. The van der Waals surface area contributed by atoms with Gasteiger partial charge in [0.15, 0.2) is 11.5 Å². The summed E-state index contributed by atoms with van der Waals surface area (Å²) in [5, 5.41) is 0. The number of aromatic nitrogens is 1. The molecule has 1 aromatic heterocycles. The van der Waals surface area contributed by atoms with Gasteiger partial charge in [0.2, 0.25) is 5.91 Å². The van der Waals surface area contributed by atoms with Gasteiger partial charge in [0.25, 0.3) is 0 Å². The molecule has 1 aliphatic rings. The molecular formula is C19H22N2O3. The molecule has 0 saturated carbocycles. The zero-order valence-electron chi connectivity index (χ0n) is 14.1. The van der Waals surface area contributed by atoms with Gasteiger partial charge in [-0.15, -0.1) is 0 Å². The molecule has 0 radical (unpaired) electrons. The Morgan fingerprint density at radius 1 is 1.21 bits per heavy atom. The Labute approximate surface area is 142 Å². The molecule has 0 N–H and O–H groups in total. The third-order valence-electron chi connectivity index (χ3n) is 4.42. The maximum atomic E-state index is 12.5. The van der Waals surface area contributed by atoms with Crippen molar-refractivity contribution >= 4 is 5.91 Å². The van der Waals surface area contributed by atoms with E-state index in [4.69, 9.17) is 9.47 Å². The van der Waals surface area contributed by atoms with Gasteiger partial charge in [-0.1, -0.05) is 6.07 Å². The molecule has 5 heteroatoms. The second kappa shape index (κ2) is 7.34. The van der Waals surface area contributed by atoms with Gasteiger partial charge in [0.05, 0.1) is 14.2 Å². The van der Waals surface area contributed by atoms with Gasteiger partial charge in [-0.05, 0) is 47.7 Å². The molecule has 0 fully saturated rings. The predicted octanol–water partition coefficient (Wildman–Crippen LogP) is 2.62. The summed E-state index contributed by atoms with van der Waals surface area (Å²) in [6.45, 7) is 1.37. The number of methoxy groups -OCH3 is 2. The maximum Gasteiger partial charge on any atom is 0.223 e. The first-order valence-corrected chi connectivity index (χ1v) is 8.11. The fraction of sp³-hybridized carbons (Fsp3) is 0.368. The lowest BCUT2D eigenvalue weighted by Crippen LogP contribution is -2.36. The first kappa shape index (κ1) is 16.3. The summed E-state index contributed by atoms with van der Waals surface area (Å²) in [4.78, 5) is 18.5. The standard InChI is InChI=1S/C19H22N2O3/c1-23-17-10-15-7-9-21(13-16(15)11-18(17)24-2)19(22)6-5-14-4-3-8-20-12-14/h3-4,8,10-12H,5-7,9,13H2,1-2H3. The van der Waals surface area contributed by atoms with Crippen LogP contribution in [0.15, 0.2) is 36.7 Å². The van der Waals surface area contributed by atoms with Crippen molar-refractivity contribution in [2.24, 2.45) is 0 Å². The van der Waals surface area contributed by atoms with Crippen LogP contribution in [0.3, 0.4) is 0 Å². The lowest BCUT2D eigenvalue weighted by atomic mass is 9.98. The molecule has 1 aromatic carbocycles. The number of amides is 1. The first-order chi connectivity index (χ1) is 11.7. The normalized spacial score (nSPS) is 13.3. The number of carbonyl (C=O) groups is 1. The lowest BCUT2D eigenvalue weighted by molar-refractivity contribution is -0.132. The summed E-state index contributed by atoms with van der Waals surface area (Å²) in [6.07, 6.45) is 5.63. The van der Waals surface area contributed by atoms with E-state index in [1.165, 1.54) is 5.56 Å². The number of carbonyl (C=O) groups excluding carboxylic acids is 1.